The van der Waals surface area contributed by atoms with E-state index in [9.17, 15) is 4.79 Å². The first-order chi connectivity index (χ1) is 11.7. The van der Waals surface area contributed by atoms with E-state index in [1.54, 1.807) is 12.4 Å². The second kappa shape index (κ2) is 5.54. The Bertz CT molecular complexity index is 841. The average Bonchev–Trinajstić information content (AvgIpc) is 2.66. The fourth-order valence-electron chi connectivity index (χ4n) is 3.29. The Morgan fingerprint density at radius 2 is 1.46 bits per heavy atom. The molecule has 1 amide bonds. The Morgan fingerprint density at radius 1 is 0.875 bits per heavy atom. The Hall–Kier alpha value is -3.05. The smallest absolute Gasteiger partial charge is 0.242 e. The highest BCUT2D eigenvalue weighted by molar-refractivity contribution is 5.88. The van der Waals surface area contributed by atoms with Crippen LogP contribution in [-0.4, -0.2) is 15.9 Å². The summed E-state index contributed by atoms with van der Waals surface area (Å²) in [6.45, 7) is 0. The van der Waals surface area contributed by atoms with Gasteiger partial charge in [0, 0.05) is 12.4 Å². The number of hydrogen-bond donors (Lipinski definition) is 2. The number of aromatic nitrogens is 2. The molecule has 0 fully saturated rings. The number of nitrogens with one attached hydrogen (secondary N) is 1. The molecule has 0 aliphatic carbocycles. The fraction of sp³-hybridized carbons (Fsp3) is 0.105. The van der Waals surface area contributed by atoms with Crippen molar-refractivity contribution in [1.29, 1.82) is 0 Å². The van der Waals surface area contributed by atoms with Crippen LogP contribution in [0.3, 0.4) is 0 Å². The number of fused-ring (bicyclic) bond motifs is 1. The van der Waals surface area contributed by atoms with Crippen molar-refractivity contribution in [3.8, 4) is 0 Å². The van der Waals surface area contributed by atoms with Gasteiger partial charge >= 0.3 is 0 Å². The minimum absolute atomic E-state index is 0.245. The standard InChI is InChI=1S/C19H16N4O/c20-17-13-7-1-2-8-14(13)19(23-18(17)24,15-9-3-5-11-21-15)16-10-4-6-12-22-16/h1-12,17H,20H2,(H,23,24). The number of hydrogen-bond acceptors (Lipinski definition) is 4. The van der Waals surface area contributed by atoms with Crippen LogP contribution in [-0.2, 0) is 10.3 Å². The van der Waals surface area contributed by atoms with Crippen LogP contribution in [0.1, 0.15) is 28.6 Å². The first-order valence-electron chi connectivity index (χ1n) is 7.73. The molecule has 2 aromatic heterocycles. The van der Waals surface area contributed by atoms with E-state index in [0.29, 0.717) is 11.4 Å². The summed E-state index contributed by atoms with van der Waals surface area (Å²) in [4.78, 5) is 21.7. The van der Waals surface area contributed by atoms with E-state index in [4.69, 9.17) is 5.73 Å². The van der Waals surface area contributed by atoms with Crippen LogP contribution in [0.4, 0.5) is 0 Å². The first-order valence-corrected chi connectivity index (χ1v) is 7.73. The van der Waals surface area contributed by atoms with Crippen LogP contribution >= 0.6 is 0 Å². The summed E-state index contributed by atoms with van der Waals surface area (Å²) in [6, 6.07) is 18.2. The van der Waals surface area contributed by atoms with Crippen LogP contribution in [0.25, 0.3) is 0 Å². The van der Waals surface area contributed by atoms with Crippen molar-refractivity contribution < 1.29 is 4.79 Å². The first kappa shape index (κ1) is 14.5. The average molecular weight is 316 g/mol. The minimum atomic E-state index is -0.952. The lowest BCUT2D eigenvalue weighted by atomic mass is 9.75. The number of nitrogens with two attached hydrogens (primary N) is 1. The molecule has 3 N–H and O–H groups in total. The van der Waals surface area contributed by atoms with Gasteiger partial charge < -0.3 is 11.1 Å². The van der Waals surface area contributed by atoms with Crippen molar-refractivity contribution in [3.05, 3.63) is 95.6 Å². The highest BCUT2D eigenvalue weighted by Gasteiger charge is 2.47. The Balaban J connectivity index is 2.09. The normalized spacial score (nSPS) is 18.5. The molecule has 0 saturated heterocycles. The van der Waals surface area contributed by atoms with E-state index in [2.05, 4.69) is 15.3 Å². The zero-order valence-electron chi connectivity index (χ0n) is 12.9. The van der Waals surface area contributed by atoms with Crippen LogP contribution in [0.5, 0.6) is 0 Å². The second-order valence-electron chi connectivity index (χ2n) is 5.73. The van der Waals surface area contributed by atoms with Crippen molar-refractivity contribution in [2.75, 3.05) is 0 Å². The molecule has 0 radical (unpaired) electrons. The summed E-state index contributed by atoms with van der Waals surface area (Å²) < 4.78 is 0. The van der Waals surface area contributed by atoms with E-state index < -0.39 is 11.6 Å². The van der Waals surface area contributed by atoms with E-state index in [-0.39, 0.29) is 5.91 Å². The van der Waals surface area contributed by atoms with Gasteiger partial charge in [-0.1, -0.05) is 36.4 Å². The van der Waals surface area contributed by atoms with Gasteiger partial charge in [0.05, 0.1) is 11.4 Å². The summed E-state index contributed by atoms with van der Waals surface area (Å²) in [7, 11) is 0. The van der Waals surface area contributed by atoms with Gasteiger partial charge in [-0.05, 0) is 35.4 Å². The molecule has 1 atom stereocenters. The topological polar surface area (TPSA) is 80.9 Å². The van der Waals surface area contributed by atoms with E-state index in [1.165, 1.54) is 0 Å². The molecule has 4 rings (SSSR count). The maximum absolute atomic E-state index is 12.6. The lowest BCUT2D eigenvalue weighted by Crippen LogP contribution is -2.55. The number of carbonyl (C=O) groups is 1. The van der Waals surface area contributed by atoms with Crippen LogP contribution in [0, 0.1) is 0 Å². The molecule has 24 heavy (non-hydrogen) atoms. The molecule has 3 aromatic rings. The molecular formula is C19H16N4O. The molecule has 3 heterocycles. The van der Waals surface area contributed by atoms with Crippen LogP contribution in [0.2, 0.25) is 0 Å². The molecule has 1 aliphatic heterocycles. The molecule has 118 valence electrons. The molecular weight excluding hydrogens is 300 g/mol. The fourth-order valence-corrected chi connectivity index (χ4v) is 3.29. The van der Waals surface area contributed by atoms with Gasteiger partial charge in [0.2, 0.25) is 5.91 Å². The Labute approximate surface area is 139 Å². The van der Waals surface area contributed by atoms with Gasteiger partial charge in [0.25, 0.3) is 0 Å². The van der Waals surface area contributed by atoms with Crippen molar-refractivity contribution in [3.63, 3.8) is 0 Å². The molecule has 5 heteroatoms. The van der Waals surface area contributed by atoms with E-state index in [1.807, 2.05) is 60.7 Å². The van der Waals surface area contributed by atoms with E-state index >= 15 is 0 Å². The zero-order valence-corrected chi connectivity index (χ0v) is 12.9. The molecule has 1 aromatic carbocycles. The van der Waals surface area contributed by atoms with E-state index in [0.717, 1.165) is 11.1 Å². The largest absolute Gasteiger partial charge is 0.334 e. The van der Waals surface area contributed by atoms with Gasteiger partial charge in [-0.25, -0.2) is 0 Å². The highest BCUT2D eigenvalue weighted by atomic mass is 16.2. The number of carbonyl (C=O) groups excluding carboxylic acids is 1. The maximum Gasteiger partial charge on any atom is 0.242 e. The summed E-state index contributed by atoms with van der Waals surface area (Å²) in [6.07, 6.45) is 3.42. The van der Waals surface area contributed by atoms with Crippen molar-refractivity contribution in [2.24, 2.45) is 5.73 Å². The molecule has 5 nitrogen and oxygen atoms in total. The molecule has 0 bridgehead atoms. The van der Waals surface area contributed by atoms with Gasteiger partial charge in [0.1, 0.15) is 6.04 Å². The Kier molecular flexibility index (Phi) is 3.36. The second-order valence-corrected chi connectivity index (χ2v) is 5.73. The lowest BCUT2D eigenvalue weighted by molar-refractivity contribution is -0.124. The number of rotatable bonds is 2. The number of amides is 1. The minimum Gasteiger partial charge on any atom is -0.334 e. The zero-order chi connectivity index (χ0) is 16.6. The highest BCUT2D eigenvalue weighted by Crippen LogP contribution is 2.41. The summed E-state index contributed by atoms with van der Waals surface area (Å²) in [5.74, 6) is -0.245. The summed E-state index contributed by atoms with van der Waals surface area (Å²) >= 11 is 0. The summed E-state index contributed by atoms with van der Waals surface area (Å²) in [5.41, 5.74) is 8.26. The third-order valence-electron chi connectivity index (χ3n) is 4.39. The molecule has 1 unspecified atom stereocenters. The van der Waals surface area contributed by atoms with Crippen molar-refractivity contribution in [1.82, 2.24) is 15.3 Å². The lowest BCUT2D eigenvalue weighted by Gasteiger charge is -2.40. The number of pyridine rings is 2. The van der Waals surface area contributed by atoms with Crippen LogP contribution in [0.15, 0.2) is 73.1 Å². The molecule has 0 saturated carbocycles. The van der Waals surface area contributed by atoms with Crippen molar-refractivity contribution >= 4 is 5.91 Å². The van der Waals surface area contributed by atoms with Gasteiger partial charge in [-0.3, -0.25) is 14.8 Å². The third kappa shape index (κ3) is 2.02. The van der Waals surface area contributed by atoms with Gasteiger partial charge in [-0.15, -0.1) is 0 Å². The quantitative estimate of drug-likeness (QED) is 0.756. The molecule has 1 aliphatic rings. The van der Waals surface area contributed by atoms with Gasteiger partial charge in [0.15, 0.2) is 5.54 Å². The number of benzene rings is 1. The molecule has 0 spiro atoms. The predicted molar refractivity (Wildman–Crippen MR) is 89.9 cm³/mol. The monoisotopic (exact) mass is 316 g/mol. The van der Waals surface area contributed by atoms with Gasteiger partial charge in [-0.2, -0.15) is 0 Å². The van der Waals surface area contributed by atoms with Crippen molar-refractivity contribution in [2.45, 2.75) is 11.6 Å². The number of nitrogens with zero attached hydrogens (tertiary/aromatic N) is 2. The van der Waals surface area contributed by atoms with Crippen LogP contribution < -0.4 is 11.1 Å². The third-order valence-corrected chi connectivity index (χ3v) is 4.39. The maximum atomic E-state index is 12.6. The summed E-state index contributed by atoms with van der Waals surface area (Å²) in [5, 5.41) is 3.08. The Morgan fingerprint density at radius 3 is 2.04 bits per heavy atom. The predicted octanol–water partition coefficient (Wildman–Crippen LogP) is 1.90. The SMILES string of the molecule is NC1C(=O)NC(c2ccccn2)(c2ccccn2)c2ccccc21.